The van der Waals surface area contributed by atoms with Crippen LogP contribution in [-0.2, 0) is 0 Å². The molecule has 7 aromatic carbocycles. The lowest BCUT2D eigenvalue weighted by molar-refractivity contribution is 1.10. The minimum atomic E-state index is 0.860. The lowest BCUT2D eigenvalue weighted by Gasteiger charge is -2.29. The molecule has 8 rings (SSSR count). The van der Waals surface area contributed by atoms with Gasteiger partial charge in [0.25, 0.3) is 0 Å². The number of hydrogen-bond acceptors (Lipinski definition) is 3. The van der Waals surface area contributed by atoms with Gasteiger partial charge in [-0.15, -0.1) is 0 Å². The van der Waals surface area contributed by atoms with Gasteiger partial charge < -0.3 is 4.90 Å². The molecule has 0 bridgehead atoms. The fourth-order valence-electron chi connectivity index (χ4n) is 6.62. The molecule has 0 spiro atoms. The van der Waals surface area contributed by atoms with Crippen LogP contribution < -0.4 is 4.90 Å². The molecular formula is C50H44N4. The van der Waals surface area contributed by atoms with Crippen LogP contribution in [0.1, 0.15) is 34.7 Å². The van der Waals surface area contributed by atoms with Crippen LogP contribution in [0.4, 0.5) is 17.1 Å². The van der Waals surface area contributed by atoms with E-state index in [1.54, 1.807) is 0 Å². The number of anilines is 2. The van der Waals surface area contributed by atoms with Crippen LogP contribution in [0.3, 0.4) is 0 Å². The van der Waals surface area contributed by atoms with Gasteiger partial charge in [-0.1, -0.05) is 127 Å². The summed E-state index contributed by atoms with van der Waals surface area (Å²) < 4.78 is 2.24. The fourth-order valence-corrected chi connectivity index (χ4v) is 6.62. The Bertz CT molecular complexity index is 2550. The summed E-state index contributed by atoms with van der Waals surface area (Å²) in [5, 5.41) is 0. The first kappa shape index (κ1) is 35.6. The molecule has 4 nitrogen and oxygen atoms in total. The van der Waals surface area contributed by atoms with E-state index in [9.17, 15) is 0 Å². The number of aryl methyl sites for hydroxylation is 3. The molecular weight excluding hydrogens is 657 g/mol. The van der Waals surface area contributed by atoms with Crippen molar-refractivity contribution < 1.29 is 0 Å². The predicted octanol–water partition coefficient (Wildman–Crippen LogP) is 13.3. The first-order valence-electron chi connectivity index (χ1n) is 18.3. The predicted molar refractivity (Wildman–Crippen MR) is 230 cm³/mol. The first-order valence-corrected chi connectivity index (χ1v) is 18.3. The summed E-state index contributed by atoms with van der Waals surface area (Å²) in [6, 6.07) is 62.7. The minimum Gasteiger partial charge on any atom is -0.310 e. The van der Waals surface area contributed by atoms with E-state index in [0.717, 1.165) is 78.8 Å². The van der Waals surface area contributed by atoms with Crippen molar-refractivity contribution in [3.63, 3.8) is 0 Å². The molecule has 0 atom stereocenters. The summed E-state index contributed by atoms with van der Waals surface area (Å²) >= 11 is 0. The van der Waals surface area contributed by atoms with Crippen molar-refractivity contribution in [2.24, 2.45) is 4.99 Å². The highest BCUT2D eigenvalue weighted by Gasteiger charge is 2.21. The molecule has 0 fully saturated rings. The molecule has 0 radical (unpaired) electrons. The number of aromatic nitrogens is 2. The molecule has 0 N–H and O–H groups in total. The Morgan fingerprint density at radius 2 is 1.17 bits per heavy atom. The molecule has 1 heterocycles. The molecule has 4 heteroatoms. The Morgan fingerprint density at radius 3 is 1.83 bits per heavy atom. The van der Waals surface area contributed by atoms with Crippen LogP contribution in [0.15, 0.2) is 194 Å². The molecule has 0 aliphatic heterocycles. The van der Waals surface area contributed by atoms with Gasteiger partial charge in [-0.05, 0) is 117 Å². The summed E-state index contributed by atoms with van der Waals surface area (Å²) in [5.74, 6) is 0.860. The van der Waals surface area contributed by atoms with Gasteiger partial charge >= 0.3 is 0 Å². The third-order valence-electron chi connectivity index (χ3n) is 9.50. The molecule has 0 unspecified atom stereocenters. The number of nitrogens with zero attached hydrogens (tertiary/aromatic N) is 4. The van der Waals surface area contributed by atoms with Gasteiger partial charge in [0.15, 0.2) is 0 Å². The Morgan fingerprint density at radius 1 is 0.593 bits per heavy atom. The van der Waals surface area contributed by atoms with Crippen molar-refractivity contribution >= 4 is 39.5 Å². The van der Waals surface area contributed by atoms with E-state index in [1.165, 1.54) is 5.56 Å². The summed E-state index contributed by atoms with van der Waals surface area (Å²) in [6.45, 7) is 13.1. The van der Waals surface area contributed by atoms with E-state index in [4.69, 9.17) is 16.6 Å². The van der Waals surface area contributed by atoms with Gasteiger partial charge in [0.2, 0.25) is 0 Å². The quantitative estimate of drug-likeness (QED) is 0.148. The molecule has 0 aliphatic carbocycles. The lowest BCUT2D eigenvalue weighted by Crippen LogP contribution is -2.16. The highest BCUT2D eigenvalue weighted by molar-refractivity contribution is 6.03. The van der Waals surface area contributed by atoms with Crippen LogP contribution in [0, 0.1) is 20.8 Å². The SMILES string of the molecule is C=C(c1cc(C(C)=Nc2ccccc2C)cc(-c2nc3ccccc3n2-c2ccccc2)c1)N(c1ccccc1)c1ccccc1C.Cc1ccccc1. The van der Waals surface area contributed by atoms with Gasteiger partial charge in [-0.25, -0.2) is 4.98 Å². The number of hydrogen-bond donors (Lipinski definition) is 0. The topological polar surface area (TPSA) is 33.4 Å². The molecule has 8 aromatic rings. The Balaban J connectivity index is 0.000000579. The maximum absolute atomic E-state index is 5.21. The van der Waals surface area contributed by atoms with Crippen LogP contribution in [-0.4, -0.2) is 15.3 Å². The molecule has 0 aliphatic rings. The van der Waals surface area contributed by atoms with E-state index in [-0.39, 0.29) is 0 Å². The minimum absolute atomic E-state index is 0.860. The van der Waals surface area contributed by atoms with Crippen molar-refractivity contribution in [2.75, 3.05) is 4.90 Å². The molecule has 264 valence electrons. The average molecular weight is 701 g/mol. The van der Waals surface area contributed by atoms with Gasteiger partial charge in [0.1, 0.15) is 5.82 Å². The zero-order valence-electron chi connectivity index (χ0n) is 31.3. The van der Waals surface area contributed by atoms with Crippen molar-refractivity contribution in [3.05, 3.63) is 216 Å². The maximum Gasteiger partial charge on any atom is 0.145 e. The average Bonchev–Trinajstić information content (AvgIpc) is 3.61. The van der Waals surface area contributed by atoms with Crippen molar-refractivity contribution in [1.82, 2.24) is 9.55 Å². The largest absolute Gasteiger partial charge is 0.310 e. The number of imidazole rings is 1. The number of para-hydroxylation sites is 6. The van der Waals surface area contributed by atoms with Crippen molar-refractivity contribution in [2.45, 2.75) is 27.7 Å². The van der Waals surface area contributed by atoms with E-state index >= 15 is 0 Å². The van der Waals surface area contributed by atoms with E-state index in [2.05, 4.69) is 171 Å². The van der Waals surface area contributed by atoms with Crippen LogP contribution in [0.2, 0.25) is 0 Å². The normalized spacial score (nSPS) is 11.1. The van der Waals surface area contributed by atoms with Gasteiger partial charge in [0, 0.05) is 34.0 Å². The van der Waals surface area contributed by atoms with E-state index in [1.807, 2.05) is 48.5 Å². The summed E-state index contributed by atoms with van der Waals surface area (Å²) in [5.41, 5.74) is 14.5. The molecule has 0 amide bonds. The summed E-state index contributed by atoms with van der Waals surface area (Å²) in [6.07, 6.45) is 0. The molecule has 0 saturated carbocycles. The summed E-state index contributed by atoms with van der Waals surface area (Å²) in [7, 11) is 0. The Hall–Kier alpha value is -6.78. The van der Waals surface area contributed by atoms with E-state index in [0.29, 0.717) is 0 Å². The monoisotopic (exact) mass is 700 g/mol. The van der Waals surface area contributed by atoms with Crippen LogP contribution in [0.25, 0.3) is 33.8 Å². The highest BCUT2D eigenvalue weighted by Crippen LogP contribution is 2.38. The second-order valence-electron chi connectivity index (χ2n) is 13.4. The van der Waals surface area contributed by atoms with Crippen LogP contribution in [0.5, 0.6) is 0 Å². The van der Waals surface area contributed by atoms with E-state index < -0.39 is 0 Å². The zero-order chi connectivity index (χ0) is 37.4. The zero-order valence-corrected chi connectivity index (χ0v) is 31.3. The fraction of sp³-hybridized carbons (Fsp3) is 0.0800. The number of aliphatic imine (C=N–C) groups is 1. The van der Waals surface area contributed by atoms with Gasteiger partial charge in [-0.3, -0.25) is 9.56 Å². The second kappa shape index (κ2) is 16.3. The lowest BCUT2D eigenvalue weighted by atomic mass is 9.99. The third kappa shape index (κ3) is 7.84. The number of rotatable bonds is 8. The number of benzene rings is 7. The number of fused-ring (bicyclic) bond motifs is 1. The molecule has 0 saturated heterocycles. The highest BCUT2D eigenvalue weighted by atomic mass is 15.2. The standard InChI is InChI=1S/C43H36N4.C7H8/c1-30-17-11-13-23-39(30)44-32(3)34-27-35(33(4)46(37-19-7-5-8-20-37)41-25-15-12-18-31(41)2)29-36(28-34)43-45-40-24-14-16-26-42(40)47(43)38-21-9-6-10-22-38;1-7-5-3-2-4-6-7/h5-29H,4H2,1-3H3;2-6H,1H3. The third-order valence-corrected chi connectivity index (χ3v) is 9.50. The summed E-state index contributed by atoms with van der Waals surface area (Å²) in [4.78, 5) is 12.6. The maximum atomic E-state index is 5.21. The molecule has 54 heavy (non-hydrogen) atoms. The van der Waals surface area contributed by atoms with Crippen molar-refractivity contribution in [1.29, 1.82) is 0 Å². The van der Waals surface area contributed by atoms with Gasteiger partial charge in [-0.2, -0.15) is 0 Å². The van der Waals surface area contributed by atoms with Gasteiger partial charge in [0.05, 0.1) is 16.7 Å². The van der Waals surface area contributed by atoms with Crippen LogP contribution >= 0.6 is 0 Å². The smallest absolute Gasteiger partial charge is 0.145 e. The second-order valence-corrected chi connectivity index (χ2v) is 13.4. The Labute approximate surface area is 319 Å². The Kier molecular flexibility index (Phi) is 10.7. The first-order chi connectivity index (χ1) is 26.4. The van der Waals surface area contributed by atoms with Crippen molar-refractivity contribution in [3.8, 4) is 17.1 Å². The molecule has 1 aromatic heterocycles.